The lowest BCUT2D eigenvalue weighted by Gasteiger charge is -2.22. The summed E-state index contributed by atoms with van der Waals surface area (Å²) in [7, 11) is 0. The van der Waals surface area contributed by atoms with Crippen LogP contribution in [0.1, 0.15) is 50.5 Å². The first kappa shape index (κ1) is 21.6. The summed E-state index contributed by atoms with van der Waals surface area (Å²) in [6, 6.07) is 9.32. The molecule has 1 aliphatic carbocycles. The van der Waals surface area contributed by atoms with Gasteiger partial charge in [0.15, 0.2) is 0 Å². The molecule has 30 heavy (non-hydrogen) atoms. The van der Waals surface area contributed by atoms with Crippen molar-refractivity contribution in [2.75, 3.05) is 11.9 Å². The highest BCUT2D eigenvalue weighted by atomic mass is 16.5. The Kier molecular flexibility index (Phi) is 8.06. The van der Waals surface area contributed by atoms with Gasteiger partial charge in [0.1, 0.15) is 11.5 Å². The van der Waals surface area contributed by atoms with Crippen molar-refractivity contribution in [3.05, 3.63) is 48.3 Å². The molecule has 7 heteroatoms. The predicted octanol–water partition coefficient (Wildman–Crippen LogP) is 4.53. The summed E-state index contributed by atoms with van der Waals surface area (Å²) in [6.45, 7) is 2.40. The van der Waals surface area contributed by atoms with Crippen LogP contribution in [0.15, 0.2) is 42.7 Å². The van der Waals surface area contributed by atoms with Gasteiger partial charge >= 0.3 is 6.03 Å². The Morgan fingerprint density at radius 3 is 2.73 bits per heavy atom. The number of nitrogens with zero attached hydrogens (tertiary/aromatic N) is 1. The molecule has 0 bridgehead atoms. The summed E-state index contributed by atoms with van der Waals surface area (Å²) in [5, 5.41) is 8.74. The molecule has 0 saturated heterocycles. The molecule has 1 fully saturated rings. The lowest BCUT2D eigenvalue weighted by Crippen LogP contribution is -2.43. The SMILES string of the molecule is Cc1cc(NC(=O)CCCNC(=O)NC2CCCCC2)ccc1Oc1cccnc1. The quantitative estimate of drug-likeness (QED) is 0.557. The van der Waals surface area contributed by atoms with Crippen molar-refractivity contribution in [1.29, 1.82) is 0 Å². The maximum Gasteiger partial charge on any atom is 0.315 e. The predicted molar refractivity (Wildman–Crippen MR) is 117 cm³/mol. The fraction of sp³-hybridized carbons (Fsp3) is 0.435. The smallest absolute Gasteiger partial charge is 0.315 e. The fourth-order valence-corrected chi connectivity index (χ4v) is 3.53. The van der Waals surface area contributed by atoms with Gasteiger partial charge in [0.25, 0.3) is 0 Å². The van der Waals surface area contributed by atoms with E-state index in [9.17, 15) is 9.59 Å². The van der Waals surface area contributed by atoms with Crippen molar-refractivity contribution < 1.29 is 14.3 Å². The number of rotatable bonds is 8. The van der Waals surface area contributed by atoms with E-state index in [-0.39, 0.29) is 18.0 Å². The molecule has 0 radical (unpaired) electrons. The molecular formula is C23H30N4O3. The molecule has 3 rings (SSSR count). The highest BCUT2D eigenvalue weighted by Gasteiger charge is 2.15. The minimum Gasteiger partial charge on any atom is -0.455 e. The molecule has 160 valence electrons. The van der Waals surface area contributed by atoms with Gasteiger partial charge in [0.2, 0.25) is 5.91 Å². The van der Waals surface area contributed by atoms with Gasteiger partial charge in [-0.3, -0.25) is 9.78 Å². The number of aryl methyl sites for hydroxylation is 1. The second-order valence-electron chi connectivity index (χ2n) is 7.66. The van der Waals surface area contributed by atoms with Gasteiger partial charge in [-0.25, -0.2) is 4.79 Å². The molecule has 3 amide bonds. The van der Waals surface area contributed by atoms with Crippen molar-refractivity contribution in [3.8, 4) is 11.5 Å². The third-order valence-electron chi connectivity index (χ3n) is 5.13. The number of urea groups is 1. The minimum absolute atomic E-state index is 0.0789. The largest absolute Gasteiger partial charge is 0.455 e. The van der Waals surface area contributed by atoms with E-state index < -0.39 is 0 Å². The third-order valence-corrected chi connectivity index (χ3v) is 5.13. The van der Waals surface area contributed by atoms with E-state index in [1.54, 1.807) is 12.4 Å². The van der Waals surface area contributed by atoms with E-state index in [0.717, 1.165) is 24.1 Å². The molecule has 3 N–H and O–H groups in total. The van der Waals surface area contributed by atoms with Crippen LogP contribution >= 0.6 is 0 Å². The molecule has 1 saturated carbocycles. The summed E-state index contributed by atoms with van der Waals surface area (Å²) in [5.41, 5.74) is 1.64. The Bertz CT molecular complexity index is 836. The van der Waals surface area contributed by atoms with Crippen molar-refractivity contribution >= 4 is 17.6 Å². The van der Waals surface area contributed by atoms with Gasteiger partial charge in [0, 0.05) is 30.9 Å². The van der Waals surface area contributed by atoms with Gasteiger partial charge in [0.05, 0.1) is 6.20 Å². The molecule has 2 aromatic rings. The first-order valence-corrected chi connectivity index (χ1v) is 10.6. The Labute approximate surface area is 177 Å². The molecule has 0 spiro atoms. The van der Waals surface area contributed by atoms with Crippen LogP contribution in [0.5, 0.6) is 11.5 Å². The van der Waals surface area contributed by atoms with Gasteiger partial charge in [-0.2, -0.15) is 0 Å². The Balaban J connectivity index is 1.36. The van der Waals surface area contributed by atoms with E-state index in [4.69, 9.17) is 4.74 Å². The van der Waals surface area contributed by atoms with Gasteiger partial charge in [-0.05, 0) is 62.1 Å². The van der Waals surface area contributed by atoms with Crippen molar-refractivity contribution in [3.63, 3.8) is 0 Å². The summed E-state index contributed by atoms with van der Waals surface area (Å²) in [4.78, 5) is 28.1. The van der Waals surface area contributed by atoms with Crippen LogP contribution in [0.2, 0.25) is 0 Å². The molecular weight excluding hydrogens is 380 g/mol. The van der Waals surface area contributed by atoms with Crippen LogP contribution in [-0.4, -0.2) is 29.5 Å². The van der Waals surface area contributed by atoms with E-state index in [0.29, 0.717) is 30.9 Å². The molecule has 0 unspecified atom stereocenters. The zero-order chi connectivity index (χ0) is 21.2. The Morgan fingerprint density at radius 1 is 1.17 bits per heavy atom. The van der Waals surface area contributed by atoms with Gasteiger partial charge < -0.3 is 20.7 Å². The van der Waals surface area contributed by atoms with Crippen molar-refractivity contribution in [2.24, 2.45) is 0 Å². The zero-order valence-electron chi connectivity index (χ0n) is 17.4. The van der Waals surface area contributed by atoms with Crippen molar-refractivity contribution in [2.45, 2.75) is 57.9 Å². The number of aromatic nitrogens is 1. The number of pyridine rings is 1. The van der Waals surface area contributed by atoms with Crippen LogP contribution in [0.3, 0.4) is 0 Å². The average Bonchev–Trinajstić information content (AvgIpc) is 2.75. The van der Waals surface area contributed by atoms with E-state index in [1.807, 2.05) is 37.3 Å². The number of hydrogen-bond donors (Lipinski definition) is 3. The number of carbonyl (C=O) groups excluding carboxylic acids is 2. The molecule has 0 atom stereocenters. The van der Waals surface area contributed by atoms with E-state index in [1.165, 1.54) is 19.3 Å². The first-order valence-electron chi connectivity index (χ1n) is 10.6. The third kappa shape index (κ3) is 7.06. The summed E-state index contributed by atoms with van der Waals surface area (Å²) >= 11 is 0. The number of benzene rings is 1. The van der Waals surface area contributed by atoms with Crippen LogP contribution in [0, 0.1) is 6.92 Å². The Morgan fingerprint density at radius 2 is 2.00 bits per heavy atom. The monoisotopic (exact) mass is 410 g/mol. The number of amides is 3. The summed E-state index contributed by atoms with van der Waals surface area (Å²) in [5.74, 6) is 1.30. The molecule has 7 nitrogen and oxygen atoms in total. The molecule has 1 aromatic heterocycles. The van der Waals surface area contributed by atoms with Crippen LogP contribution < -0.4 is 20.7 Å². The molecule has 1 heterocycles. The number of ether oxygens (including phenoxy) is 1. The topological polar surface area (TPSA) is 92.4 Å². The molecule has 0 aliphatic heterocycles. The number of anilines is 1. The second kappa shape index (κ2) is 11.2. The first-order chi connectivity index (χ1) is 14.6. The zero-order valence-corrected chi connectivity index (χ0v) is 17.4. The number of carbonyl (C=O) groups is 2. The molecule has 1 aliphatic rings. The van der Waals surface area contributed by atoms with E-state index >= 15 is 0 Å². The number of nitrogens with one attached hydrogen (secondary N) is 3. The van der Waals surface area contributed by atoms with Crippen LogP contribution in [-0.2, 0) is 4.79 Å². The standard InChI is InChI=1S/C23H30N4O3/c1-17-15-19(11-12-21(17)30-20-9-5-13-24-16-20)26-22(28)10-6-14-25-23(29)27-18-7-3-2-4-8-18/h5,9,11-13,15-16,18H,2-4,6-8,10,14H2,1H3,(H,26,28)(H2,25,27,29). The van der Waals surface area contributed by atoms with Gasteiger partial charge in [-0.15, -0.1) is 0 Å². The maximum absolute atomic E-state index is 12.2. The maximum atomic E-state index is 12.2. The molecule has 1 aromatic carbocycles. The highest BCUT2D eigenvalue weighted by molar-refractivity contribution is 5.90. The average molecular weight is 411 g/mol. The second-order valence-corrected chi connectivity index (χ2v) is 7.66. The fourth-order valence-electron chi connectivity index (χ4n) is 3.53. The van der Waals surface area contributed by atoms with Crippen LogP contribution in [0.25, 0.3) is 0 Å². The summed E-state index contributed by atoms with van der Waals surface area (Å²) in [6.07, 6.45) is 10.0. The van der Waals surface area contributed by atoms with E-state index in [2.05, 4.69) is 20.9 Å². The van der Waals surface area contributed by atoms with Crippen molar-refractivity contribution in [1.82, 2.24) is 15.6 Å². The summed E-state index contributed by atoms with van der Waals surface area (Å²) < 4.78 is 5.80. The number of hydrogen-bond acceptors (Lipinski definition) is 4. The minimum atomic E-state index is -0.137. The lowest BCUT2D eigenvalue weighted by atomic mass is 9.96. The lowest BCUT2D eigenvalue weighted by molar-refractivity contribution is -0.116. The van der Waals surface area contributed by atoms with Gasteiger partial charge in [-0.1, -0.05) is 19.3 Å². The highest BCUT2D eigenvalue weighted by Crippen LogP contribution is 2.26. The van der Waals surface area contributed by atoms with Crippen LogP contribution in [0.4, 0.5) is 10.5 Å². The normalized spacial score (nSPS) is 14.0. The Hall–Kier alpha value is -3.09.